The van der Waals surface area contributed by atoms with Crippen molar-refractivity contribution >= 4 is 11.9 Å². The van der Waals surface area contributed by atoms with Crippen LogP contribution in [0.4, 0.5) is 0 Å². The van der Waals surface area contributed by atoms with Crippen molar-refractivity contribution < 1.29 is 14.7 Å². The molecular weight excluding hydrogens is 304 g/mol. The second kappa shape index (κ2) is 6.66. The quantitative estimate of drug-likeness (QED) is 0.860. The lowest BCUT2D eigenvalue weighted by Crippen LogP contribution is -2.54. The summed E-state index contributed by atoms with van der Waals surface area (Å²) in [5.41, 5.74) is 0. The Kier molecular flexibility index (Phi) is 4.54. The van der Waals surface area contributed by atoms with Gasteiger partial charge in [0.05, 0.1) is 11.8 Å². The first-order chi connectivity index (χ1) is 11.6. The van der Waals surface area contributed by atoms with Crippen molar-refractivity contribution in [3.63, 3.8) is 0 Å². The number of nitrogens with zero attached hydrogens (tertiary/aromatic N) is 2. The van der Waals surface area contributed by atoms with Crippen LogP contribution in [-0.4, -0.2) is 59.0 Å². The molecule has 24 heavy (non-hydrogen) atoms. The van der Waals surface area contributed by atoms with E-state index in [9.17, 15) is 14.7 Å². The van der Waals surface area contributed by atoms with E-state index in [0.717, 1.165) is 45.4 Å². The molecule has 0 unspecified atom stereocenters. The molecule has 2 bridgehead atoms. The van der Waals surface area contributed by atoms with E-state index >= 15 is 0 Å². The van der Waals surface area contributed by atoms with E-state index in [-0.39, 0.29) is 17.7 Å². The zero-order chi connectivity index (χ0) is 16.7. The van der Waals surface area contributed by atoms with Crippen LogP contribution in [0.25, 0.3) is 0 Å². The Balaban J connectivity index is 1.37. The monoisotopic (exact) mass is 334 g/mol. The smallest absolute Gasteiger partial charge is 0.307 e. The Labute approximate surface area is 144 Å². The predicted octanol–water partition coefficient (Wildman–Crippen LogP) is 2.21. The highest BCUT2D eigenvalue weighted by molar-refractivity contribution is 5.86. The van der Waals surface area contributed by atoms with Gasteiger partial charge in [0, 0.05) is 32.2 Å². The molecule has 5 nitrogen and oxygen atoms in total. The molecule has 3 aliphatic carbocycles. The predicted molar refractivity (Wildman–Crippen MR) is 90.5 cm³/mol. The highest BCUT2D eigenvalue weighted by Gasteiger charge is 2.54. The number of rotatable bonds is 3. The summed E-state index contributed by atoms with van der Waals surface area (Å²) < 4.78 is 0. The van der Waals surface area contributed by atoms with Crippen molar-refractivity contribution in [1.82, 2.24) is 9.80 Å². The van der Waals surface area contributed by atoms with Gasteiger partial charge in [-0.2, -0.15) is 0 Å². The Morgan fingerprint density at radius 1 is 0.792 bits per heavy atom. The summed E-state index contributed by atoms with van der Waals surface area (Å²) in [6, 6.07) is 0.713. The van der Waals surface area contributed by atoms with Crippen LogP contribution in [0.1, 0.15) is 51.4 Å². The molecule has 5 heteroatoms. The molecule has 1 saturated heterocycles. The molecule has 4 rings (SSSR count). The third-order valence-electron chi connectivity index (χ3n) is 7.20. The molecule has 1 N–H and O–H groups in total. The number of amides is 1. The summed E-state index contributed by atoms with van der Waals surface area (Å²) in [6.45, 7) is 3.51. The molecule has 4 atom stereocenters. The van der Waals surface area contributed by atoms with E-state index in [2.05, 4.69) is 4.90 Å². The summed E-state index contributed by atoms with van der Waals surface area (Å²) in [4.78, 5) is 29.2. The van der Waals surface area contributed by atoms with Gasteiger partial charge in [-0.05, 0) is 43.9 Å². The lowest BCUT2D eigenvalue weighted by Gasteiger charge is -2.42. The molecule has 0 spiro atoms. The highest BCUT2D eigenvalue weighted by Crippen LogP contribution is 2.53. The number of carbonyl (C=O) groups excluding carboxylic acids is 1. The first kappa shape index (κ1) is 16.4. The number of hydrogen-bond donors (Lipinski definition) is 1. The first-order valence-electron chi connectivity index (χ1n) is 9.91. The van der Waals surface area contributed by atoms with Crippen LogP contribution in [-0.2, 0) is 9.59 Å². The van der Waals surface area contributed by atoms with Crippen LogP contribution in [0.3, 0.4) is 0 Å². The molecule has 0 aromatic rings. The third kappa shape index (κ3) is 2.85. The normalized spacial score (nSPS) is 37.8. The Morgan fingerprint density at radius 2 is 1.42 bits per heavy atom. The number of hydrogen-bond acceptors (Lipinski definition) is 3. The van der Waals surface area contributed by atoms with E-state index in [0.29, 0.717) is 12.0 Å². The summed E-state index contributed by atoms with van der Waals surface area (Å²) in [7, 11) is 0. The number of piperazine rings is 1. The lowest BCUT2D eigenvalue weighted by atomic mass is 9.78. The number of carboxylic acids is 1. The van der Waals surface area contributed by atoms with Crippen LogP contribution >= 0.6 is 0 Å². The number of fused-ring (bicyclic) bond motifs is 2. The van der Waals surface area contributed by atoms with Gasteiger partial charge in [-0.25, -0.2) is 0 Å². The largest absolute Gasteiger partial charge is 0.481 e. The topological polar surface area (TPSA) is 60.9 Å². The van der Waals surface area contributed by atoms with Crippen LogP contribution in [0.2, 0.25) is 0 Å². The number of aliphatic carboxylic acids is 1. The standard InChI is InChI=1S/C19H30N2O3/c22-18(16-13-6-7-14(12-13)17(16)19(23)24)21-10-8-20(9-11-21)15-4-2-1-3-5-15/h13-17H,1-12H2,(H,23,24)/t13-,14-,16-,17+/m0/s1. The summed E-state index contributed by atoms with van der Waals surface area (Å²) >= 11 is 0. The minimum Gasteiger partial charge on any atom is -0.481 e. The maximum atomic E-state index is 13.0. The molecule has 1 aliphatic heterocycles. The maximum absolute atomic E-state index is 13.0. The molecule has 0 aromatic heterocycles. The van der Waals surface area contributed by atoms with Gasteiger partial charge in [0.2, 0.25) is 5.91 Å². The van der Waals surface area contributed by atoms with E-state index in [1.54, 1.807) is 0 Å². The second-order valence-electron chi connectivity index (χ2n) is 8.38. The molecular formula is C19H30N2O3. The minimum atomic E-state index is -0.749. The van der Waals surface area contributed by atoms with Crippen molar-refractivity contribution in [2.24, 2.45) is 23.7 Å². The van der Waals surface area contributed by atoms with Crippen LogP contribution in [0.5, 0.6) is 0 Å². The van der Waals surface area contributed by atoms with Gasteiger partial charge in [-0.15, -0.1) is 0 Å². The maximum Gasteiger partial charge on any atom is 0.307 e. The molecule has 4 fully saturated rings. The molecule has 3 saturated carbocycles. The van der Waals surface area contributed by atoms with E-state index in [4.69, 9.17) is 0 Å². The highest BCUT2D eigenvalue weighted by atomic mass is 16.4. The molecule has 1 heterocycles. The zero-order valence-corrected chi connectivity index (χ0v) is 14.5. The van der Waals surface area contributed by atoms with Crippen molar-refractivity contribution in [1.29, 1.82) is 0 Å². The van der Waals surface area contributed by atoms with Crippen molar-refractivity contribution in [3.05, 3.63) is 0 Å². The fraction of sp³-hybridized carbons (Fsp3) is 0.895. The second-order valence-corrected chi connectivity index (χ2v) is 8.38. The number of carboxylic acid groups (broad SMARTS) is 1. The molecule has 0 aromatic carbocycles. The van der Waals surface area contributed by atoms with Crippen LogP contribution < -0.4 is 0 Å². The Bertz CT molecular complexity index is 495. The number of carbonyl (C=O) groups is 2. The third-order valence-corrected chi connectivity index (χ3v) is 7.20. The van der Waals surface area contributed by atoms with E-state index in [1.807, 2.05) is 4.90 Å². The zero-order valence-electron chi connectivity index (χ0n) is 14.5. The molecule has 0 radical (unpaired) electrons. The Hall–Kier alpha value is -1.10. The van der Waals surface area contributed by atoms with Crippen molar-refractivity contribution in [2.75, 3.05) is 26.2 Å². The Morgan fingerprint density at radius 3 is 2.04 bits per heavy atom. The fourth-order valence-electron chi connectivity index (χ4n) is 5.97. The molecule has 4 aliphatic rings. The van der Waals surface area contributed by atoms with Gasteiger partial charge < -0.3 is 10.0 Å². The fourth-order valence-corrected chi connectivity index (χ4v) is 5.97. The summed E-state index contributed by atoms with van der Waals surface area (Å²) in [5.74, 6) is -0.723. The summed E-state index contributed by atoms with van der Waals surface area (Å²) in [6.07, 6.45) is 9.67. The lowest BCUT2D eigenvalue weighted by molar-refractivity contribution is -0.153. The van der Waals surface area contributed by atoms with E-state index < -0.39 is 11.9 Å². The van der Waals surface area contributed by atoms with Crippen LogP contribution in [0, 0.1) is 23.7 Å². The van der Waals surface area contributed by atoms with Gasteiger partial charge >= 0.3 is 5.97 Å². The van der Waals surface area contributed by atoms with Gasteiger partial charge in [-0.3, -0.25) is 14.5 Å². The SMILES string of the molecule is O=C(O)[C@@H]1[C@H]2CC[C@@H](C2)[C@@H]1C(=O)N1CCN(C2CCCCC2)CC1. The van der Waals surface area contributed by atoms with Gasteiger partial charge in [0.1, 0.15) is 0 Å². The molecule has 134 valence electrons. The average Bonchev–Trinajstić information content (AvgIpc) is 3.23. The average molecular weight is 334 g/mol. The van der Waals surface area contributed by atoms with Gasteiger partial charge in [0.15, 0.2) is 0 Å². The molecule has 1 amide bonds. The summed E-state index contributed by atoms with van der Waals surface area (Å²) in [5, 5.41) is 9.59. The van der Waals surface area contributed by atoms with Gasteiger partial charge in [0.25, 0.3) is 0 Å². The van der Waals surface area contributed by atoms with Crippen molar-refractivity contribution in [2.45, 2.75) is 57.4 Å². The van der Waals surface area contributed by atoms with Crippen LogP contribution in [0.15, 0.2) is 0 Å². The van der Waals surface area contributed by atoms with Crippen molar-refractivity contribution in [3.8, 4) is 0 Å². The van der Waals surface area contributed by atoms with Gasteiger partial charge in [-0.1, -0.05) is 19.3 Å². The van der Waals surface area contributed by atoms with E-state index in [1.165, 1.54) is 32.1 Å². The minimum absolute atomic E-state index is 0.137. The first-order valence-corrected chi connectivity index (χ1v) is 9.91.